The molecule has 0 aliphatic rings. The third-order valence-corrected chi connectivity index (χ3v) is 2.64. The van der Waals surface area contributed by atoms with Gasteiger partial charge >= 0.3 is 0 Å². The molecule has 15 heavy (non-hydrogen) atoms. The molecule has 0 fully saturated rings. The van der Waals surface area contributed by atoms with Crippen LogP contribution in [-0.4, -0.2) is 4.98 Å². The van der Waals surface area contributed by atoms with Crippen LogP contribution in [0.1, 0.15) is 17.2 Å². The van der Waals surface area contributed by atoms with Gasteiger partial charge in [-0.1, -0.05) is 0 Å². The van der Waals surface area contributed by atoms with Gasteiger partial charge in [0.25, 0.3) is 0 Å². The molecule has 0 spiro atoms. The molecule has 2 aromatic heterocycles. The first kappa shape index (κ1) is 10.4. The first-order chi connectivity index (χ1) is 7.38. The molecule has 2 aromatic rings. The average Bonchev–Trinajstić information content (AvgIpc) is 2.88. The lowest BCUT2D eigenvalue weighted by atomic mass is 10.4. The van der Waals surface area contributed by atoms with Crippen molar-refractivity contribution in [2.45, 2.75) is 19.6 Å². The lowest BCUT2D eigenvalue weighted by Crippen LogP contribution is -2.12. The Morgan fingerprint density at radius 3 is 2.87 bits per heavy atom. The summed E-state index contributed by atoms with van der Waals surface area (Å²) < 4.78 is 5.45. The van der Waals surface area contributed by atoms with Gasteiger partial charge in [-0.05, 0) is 12.1 Å². The summed E-state index contributed by atoms with van der Waals surface area (Å²) in [5, 5.41) is 5.28. The first-order valence-electron chi connectivity index (χ1n) is 4.74. The fraction of sp³-hybridized carbons (Fsp3) is 0.300. The zero-order valence-corrected chi connectivity index (χ0v) is 9.09. The Hall–Kier alpha value is -1.17. The van der Waals surface area contributed by atoms with Gasteiger partial charge < -0.3 is 15.5 Å². The Morgan fingerprint density at radius 1 is 1.33 bits per heavy atom. The molecule has 2 rings (SSSR count). The van der Waals surface area contributed by atoms with Crippen LogP contribution in [0.3, 0.4) is 0 Å². The van der Waals surface area contributed by atoms with E-state index < -0.39 is 0 Å². The molecule has 0 aromatic carbocycles. The van der Waals surface area contributed by atoms with Gasteiger partial charge in [-0.2, -0.15) is 0 Å². The SMILES string of the molecule is NCc1ccc(CNCc2cscn2)o1. The van der Waals surface area contributed by atoms with E-state index in [1.165, 1.54) is 0 Å². The number of furan rings is 1. The van der Waals surface area contributed by atoms with E-state index in [1.54, 1.807) is 11.3 Å². The van der Waals surface area contributed by atoms with Crippen molar-refractivity contribution in [2.75, 3.05) is 0 Å². The van der Waals surface area contributed by atoms with E-state index in [1.807, 2.05) is 23.0 Å². The van der Waals surface area contributed by atoms with Gasteiger partial charge in [0, 0.05) is 11.9 Å². The molecule has 2 heterocycles. The molecular formula is C10H13N3OS. The molecule has 4 nitrogen and oxygen atoms in total. The van der Waals surface area contributed by atoms with Crippen LogP contribution in [-0.2, 0) is 19.6 Å². The number of thiazole rings is 1. The van der Waals surface area contributed by atoms with Crippen molar-refractivity contribution in [2.24, 2.45) is 5.73 Å². The maximum absolute atomic E-state index is 5.45. The predicted molar refractivity (Wildman–Crippen MR) is 59.3 cm³/mol. The third kappa shape index (κ3) is 2.89. The number of nitrogens with one attached hydrogen (secondary N) is 1. The molecular weight excluding hydrogens is 210 g/mol. The number of hydrogen-bond donors (Lipinski definition) is 2. The maximum atomic E-state index is 5.45. The molecule has 0 unspecified atom stereocenters. The molecule has 0 aliphatic heterocycles. The second-order valence-electron chi connectivity index (χ2n) is 3.16. The summed E-state index contributed by atoms with van der Waals surface area (Å²) in [7, 11) is 0. The highest BCUT2D eigenvalue weighted by Crippen LogP contribution is 2.07. The van der Waals surface area contributed by atoms with E-state index >= 15 is 0 Å². The molecule has 5 heteroatoms. The summed E-state index contributed by atoms with van der Waals surface area (Å²) in [6, 6.07) is 3.84. The van der Waals surface area contributed by atoms with Crippen LogP contribution < -0.4 is 11.1 Å². The van der Waals surface area contributed by atoms with Gasteiger partial charge in [-0.3, -0.25) is 0 Å². The van der Waals surface area contributed by atoms with Crippen molar-refractivity contribution in [1.82, 2.24) is 10.3 Å². The Labute approximate surface area is 92.1 Å². The zero-order valence-electron chi connectivity index (χ0n) is 8.27. The highest BCUT2D eigenvalue weighted by molar-refractivity contribution is 7.07. The third-order valence-electron chi connectivity index (χ3n) is 2.01. The minimum atomic E-state index is 0.450. The Kier molecular flexibility index (Phi) is 3.49. The minimum Gasteiger partial charge on any atom is -0.463 e. The normalized spacial score (nSPS) is 10.7. The van der Waals surface area contributed by atoms with Crippen molar-refractivity contribution in [3.05, 3.63) is 40.2 Å². The largest absolute Gasteiger partial charge is 0.463 e. The molecule has 80 valence electrons. The summed E-state index contributed by atoms with van der Waals surface area (Å²) in [6.45, 7) is 1.92. The maximum Gasteiger partial charge on any atom is 0.118 e. The summed E-state index contributed by atoms with van der Waals surface area (Å²) in [5.74, 6) is 1.73. The number of aromatic nitrogens is 1. The Bertz CT molecular complexity index is 396. The molecule has 0 atom stereocenters. The molecule has 0 aliphatic carbocycles. The standard InChI is InChI=1S/C10H13N3OS/c11-3-9-1-2-10(14-9)5-12-4-8-6-15-7-13-8/h1-2,6-7,12H,3-5,11H2. The van der Waals surface area contributed by atoms with Crippen LogP contribution in [0.25, 0.3) is 0 Å². The Balaban J connectivity index is 1.78. The smallest absolute Gasteiger partial charge is 0.118 e. The highest BCUT2D eigenvalue weighted by Gasteiger charge is 2.00. The van der Waals surface area contributed by atoms with E-state index in [4.69, 9.17) is 10.2 Å². The molecule has 0 bridgehead atoms. The summed E-state index contributed by atoms with van der Waals surface area (Å²) in [6.07, 6.45) is 0. The summed E-state index contributed by atoms with van der Waals surface area (Å²) in [5.41, 5.74) is 8.34. The molecule has 0 saturated carbocycles. The van der Waals surface area contributed by atoms with E-state index in [2.05, 4.69) is 10.3 Å². The van der Waals surface area contributed by atoms with Gasteiger partial charge in [0.15, 0.2) is 0 Å². The van der Waals surface area contributed by atoms with Crippen molar-refractivity contribution in [3.8, 4) is 0 Å². The second kappa shape index (κ2) is 5.06. The van der Waals surface area contributed by atoms with Crippen LogP contribution in [0.5, 0.6) is 0 Å². The predicted octanol–water partition coefficient (Wildman–Crippen LogP) is 1.48. The molecule has 0 radical (unpaired) electrons. The van der Waals surface area contributed by atoms with Crippen LogP contribution in [0.2, 0.25) is 0 Å². The van der Waals surface area contributed by atoms with Crippen molar-refractivity contribution in [1.29, 1.82) is 0 Å². The van der Waals surface area contributed by atoms with Crippen LogP contribution in [0, 0.1) is 0 Å². The topological polar surface area (TPSA) is 64.1 Å². The van der Waals surface area contributed by atoms with Crippen molar-refractivity contribution >= 4 is 11.3 Å². The summed E-state index contributed by atoms with van der Waals surface area (Å²) in [4.78, 5) is 4.17. The van der Waals surface area contributed by atoms with E-state index in [0.29, 0.717) is 13.1 Å². The second-order valence-corrected chi connectivity index (χ2v) is 3.87. The van der Waals surface area contributed by atoms with Gasteiger partial charge in [-0.25, -0.2) is 4.98 Å². The monoisotopic (exact) mass is 223 g/mol. The number of nitrogens with two attached hydrogens (primary N) is 1. The van der Waals surface area contributed by atoms with Gasteiger partial charge in [0.1, 0.15) is 11.5 Å². The molecule has 0 saturated heterocycles. The lowest BCUT2D eigenvalue weighted by molar-refractivity contribution is 0.447. The average molecular weight is 223 g/mol. The Morgan fingerprint density at radius 2 is 2.20 bits per heavy atom. The van der Waals surface area contributed by atoms with Crippen LogP contribution in [0.4, 0.5) is 0 Å². The number of rotatable bonds is 5. The minimum absolute atomic E-state index is 0.450. The van der Waals surface area contributed by atoms with E-state index in [0.717, 1.165) is 23.8 Å². The van der Waals surface area contributed by atoms with Gasteiger partial charge in [-0.15, -0.1) is 11.3 Å². The zero-order chi connectivity index (χ0) is 10.5. The fourth-order valence-corrected chi connectivity index (χ4v) is 1.82. The van der Waals surface area contributed by atoms with Crippen molar-refractivity contribution in [3.63, 3.8) is 0 Å². The fourth-order valence-electron chi connectivity index (χ4n) is 1.27. The van der Waals surface area contributed by atoms with Crippen LogP contribution >= 0.6 is 11.3 Å². The summed E-state index contributed by atoms with van der Waals surface area (Å²) >= 11 is 1.60. The number of hydrogen-bond acceptors (Lipinski definition) is 5. The number of nitrogens with zero attached hydrogens (tertiary/aromatic N) is 1. The molecule has 0 amide bonds. The quantitative estimate of drug-likeness (QED) is 0.806. The van der Waals surface area contributed by atoms with E-state index in [-0.39, 0.29) is 0 Å². The first-order valence-corrected chi connectivity index (χ1v) is 5.68. The lowest BCUT2D eigenvalue weighted by Gasteiger charge is -1.99. The van der Waals surface area contributed by atoms with Gasteiger partial charge in [0.05, 0.1) is 24.3 Å². The van der Waals surface area contributed by atoms with E-state index in [9.17, 15) is 0 Å². The van der Waals surface area contributed by atoms with Crippen LogP contribution in [0.15, 0.2) is 27.4 Å². The molecule has 3 N–H and O–H groups in total. The highest BCUT2D eigenvalue weighted by atomic mass is 32.1. The van der Waals surface area contributed by atoms with Crippen molar-refractivity contribution < 1.29 is 4.42 Å². The van der Waals surface area contributed by atoms with Gasteiger partial charge in [0.2, 0.25) is 0 Å².